The van der Waals surface area contributed by atoms with Crippen LogP contribution in [0.15, 0.2) is 29.4 Å². The Hall–Kier alpha value is -2.42. The van der Waals surface area contributed by atoms with Gasteiger partial charge in [-0.2, -0.15) is 4.68 Å². The van der Waals surface area contributed by atoms with Crippen molar-refractivity contribution in [2.45, 2.75) is 38.3 Å². The van der Waals surface area contributed by atoms with Crippen LogP contribution in [0.2, 0.25) is 0 Å². The number of nitrogens with one attached hydrogen (secondary N) is 2. The molecule has 0 aliphatic carbocycles. The van der Waals surface area contributed by atoms with Crippen molar-refractivity contribution in [1.29, 1.82) is 0 Å². The molecule has 0 saturated carbocycles. The largest absolute Gasteiger partial charge is 0.338 e. The Morgan fingerprint density at radius 1 is 1.20 bits per heavy atom. The number of aryl methyl sites for hydroxylation is 1. The molecule has 0 atom stereocenters. The Bertz CT molecular complexity index is 701. The molecule has 2 N–H and O–H groups in total. The van der Waals surface area contributed by atoms with Crippen LogP contribution in [0.1, 0.15) is 32.3 Å². The number of urea groups is 1. The predicted octanol–water partition coefficient (Wildman–Crippen LogP) is 1.94. The SMILES string of the molecule is CCCCc1ccc(-n2nnnc2SCC(=O)NC(=O)NCC)cc1. The van der Waals surface area contributed by atoms with Crippen LogP contribution in [0, 0.1) is 0 Å². The number of unbranched alkanes of at least 4 members (excludes halogenated alkanes) is 1. The summed E-state index contributed by atoms with van der Waals surface area (Å²) >= 11 is 1.17. The van der Waals surface area contributed by atoms with Crippen LogP contribution in [0.4, 0.5) is 4.79 Å². The van der Waals surface area contributed by atoms with E-state index >= 15 is 0 Å². The lowest BCUT2D eigenvalue weighted by Crippen LogP contribution is -2.40. The van der Waals surface area contributed by atoms with Crippen LogP contribution in [-0.2, 0) is 11.2 Å². The highest BCUT2D eigenvalue weighted by atomic mass is 32.2. The summed E-state index contributed by atoms with van der Waals surface area (Å²) in [6.45, 7) is 4.40. The maximum atomic E-state index is 11.7. The van der Waals surface area contributed by atoms with Crippen molar-refractivity contribution in [3.8, 4) is 5.69 Å². The average molecular weight is 362 g/mol. The first-order valence-corrected chi connectivity index (χ1v) is 9.20. The molecule has 0 saturated heterocycles. The minimum absolute atomic E-state index is 0.0477. The molecule has 1 aromatic heterocycles. The maximum Gasteiger partial charge on any atom is 0.321 e. The van der Waals surface area contributed by atoms with Crippen LogP contribution < -0.4 is 10.6 Å². The Morgan fingerprint density at radius 3 is 2.64 bits per heavy atom. The molecule has 0 radical (unpaired) electrons. The van der Waals surface area contributed by atoms with E-state index in [2.05, 4.69) is 45.2 Å². The molecule has 0 unspecified atom stereocenters. The smallest absolute Gasteiger partial charge is 0.321 e. The molecule has 1 heterocycles. The molecule has 0 aliphatic heterocycles. The highest BCUT2D eigenvalue weighted by Gasteiger charge is 2.13. The molecule has 0 bridgehead atoms. The van der Waals surface area contributed by atoms with E-state index in [-0.39, 0.29) is 5.75 Å². The van der Waals surface area contributed by atoms with Gasteiger partial charge in [0.15, 0.2) is 0 Å². The number of hydrogen-bond acceptors (Lipinski definition) is 6. The second kappa shape index (κ2) is 9.77. The zero-order valence-corrected chi connectivity index (χ0v) is 15.2. The summed E-state index contributed by atoms with van der Waals surface area (Å²) in [6, 6.07) is 7.53. The highest BCUT2D eigenvalue weighted by molar-refractivity contribution is 7.99. The summed E-state index contributed by atoms with van der Waals surface area (Å²) in [5.41, 5.74) is 2.10. The van der Waals surface area contributed by atoms with Crippen molar-refractivity contribution in [3.63, 3.8) is 0 Å². The van der Waals surface area contributed by atoms with Gasteiger partial charge in [-0.3, -0.25) is 10.1 Å². The van der Waals surface area contributed by atoms with Crippen molar-refractivity contribution in [2.24, 2.45) is 0 Å². The van der Waals surface area contributed by atoms with E-state index in [1.165, 1.54) is 17.3 Å². The molecule has 0 fully saturated rings. The van der Waals surface area contributed by atoms with Gasteiger partial charge < -0.3 is 5.32 Å². The van der Waals surface area contributed by atoms with Gasteiger partial charge in [-0.1, -0.05) is 37.2 Å². The maximum absolute atomic E-state index is 11.7. The van der Waals surface area contributed by atoms with Crippen molar-refractivity contribution in [1.82, 2.24) is 30.8 Å². The summed E-state index contributed by atoms with van der Waals surface area (Å²) in [5, 5.41) is 16.8. The molecule has 8 nitrogen and oxygen atoms in total. The number of aromatic nitrogens is 4. The lowest BCUT2D eigenvalue weighted by atomic mass is 10.1. The van der Waals surface area contributed by atoms with Crippen LogP contribution in [0.25, 0.3) is 5.69 Å². The molecule has 9 heteroatoms. The molecular formula is C16H22N6O2S. The minimum atomic E-state index is -0.504. The van der Waals surface area contributed by atoms with E-state index in [0.29, 0.717) is 11.7 Å². The number of hydrogen-bond donors (Lipinski definition) is 2. The van der Waals surface area contributed by atoms with Crippen LogP contribution in [0.3, 0.4) is 0 Å². The molecule has 3 amide bonds. The molecular weight excluding hydrogens is 340 g/mol. The Morgan fingerprint density at radius 2 is 1.96 bits per heavy atom. The van der Waals surface area contributed by atoms with Gasteiger partial charge in [0.1, 0.15) is 0 Å². The van der Waals surface area contributed by atoms with Gasteiger partial charge in [-0.05, 0) is 47.9 Å². The van der Waals surface area contributed by atoms with E-state index in [0.717, 1.165) is 24.9 Å². The summed E-state index contributed by atoms with van der Waals surface area (Å²) in [5.74, 6) is -0.355. The van der Waals surface area contributed by atoms with Gasteiger partial charge in [-0.15, -0.1) is 5.10 Å². The van der Waals surface area contributed by atoms with E-state index in [1.807, 2.05) is 12.1 Å². The number of imide groups is 1. The van der Waals surface area contributed by atoms with Crippen molar-refractivity contribution in [2.75, 3.05) is 12.3 Å². The third kappa shape index (κ3) is 5.86. The molecule has 2 aromatic rings. The zero-order chi connectivity index (χ0) is 18.1. The van der Waals surface area contributed by atoms with Crippen LogP contribution >= 0.6 is 11.8 Å². The minimum Gasteiger partial charge on any atom is -0.338 e. The molecule has 0 spiro atoms. The summed E-state index contributed by atoms with van der Waals surface area (Å²) in [4.78, 5) is 23.1. The third-order valence-electron chi connectivity index (χ3n) is 3.36. The van der Waals surface area contributed by atoms with Crippen LogP contribution in [-0.4, -0.2) is 44.4 Å². The second-order valence-electron chi connectivity index (χ2n) is 5.34. The lowest BCUT2D eigenvalue weighted by molar-refractivity contribution is -0.117. The fourth-order valence-corrected chi connectivity index (χ4v) is 2.80. The molecule has 2 rings (SSSR count). The van der Waals surface area contributed by atoms with E-state index in [4.69, 9.17) is 0 Å². The molecule has 25 heavy (non-hydrogen) atoms. The normalized spacial score (nSPS) is 10.5. The van der Waals surface area contributed by atoms with Crippen molar-refractivity contribution < 1.29 is 9.59 Å². The summed E-state index contributed by atoms with van der Waals surface area (Å²) in [7, 11) is 0. The van der Waals surface area contributed by atoms with Gasteiger partial charge in [0.2, 0.25) is 11.1 Å². The van der Waals surface area contributed by atoms with E-state index < -0.39 is 11.9 Å². The predicted molar refractivity (Wildman–Crippen MR) is 95.7 cm³/mol. The summed E-state index contributed by atoms with van der Waals surface area (Å²) in [6.07, 6.45) is 3.37. The number of nitrogens with zero attached hydrogens (tertiary/aromatic N) is 4. The van der Waals surface area contributed by atoms with Gasteiger partial charge >= 0.3 is 6.03 Å². The monoisotopic (exact) mass is 362 g/mol. The molecule has 0 aliphatic rings. The third-order valence-corrected chi connectivity index (χ3v) is 4.28. The Labute approximate surface area is 150 Å². The second-order valence-corrected chi connectivity index (χ2v) is 6.28. The number of benzene rings is 1. The fraction of sp³-hybridized carbons (Fsp3) is 0.438. The van der Waals surface area contributed by atoms with Gasteiger partial charge in [0.05, 0.1) is 11.4 Å². The first-order valence-electron chi connectivity index (χ1n) is 8.22. The number of carbonyl (C=O) groups excluding carboxylic acids is 2. The number of tetrazole rings is 1. The average Bonchev–Trinajstić information content (AvgIpc) is 3.07. The van der Waals surface area contributed by atoms with Gasteiger partial charge in [-0.25, -0.2) is 4.79 Å². The lowest BCUT2D eigenvalue weighted by Gasteiger charge is -2.06. The number of amides is 3. The first-order chi connectivity index (χ1) is 12.1. The standard InChI is InChI=1S/C16H22N6O2S/c1-3-5-6-12-7-9-13(10-8-12)22-16(19-20-21-22)25-11-14(23)18-15(24)17-4-2/h7-10H,3-6,11H2,1-2H3,(H2,17,18,23,24). The number of carbonyl (C=O) groups is 2. The first kappa shape index (κ1) is 18.9. The molecule has 134 valence electrons. The van der Waals surface area contributed by atoms with E-state index in [9.17, 15) is 9.59 Å². The number of thioether (sulfide) groups is 1. The van der Waals surface area contributed by atoms with Gasteiger partial charge in [0.25, 0.3) is 0 Å². The number of rotatable bonds is 8. The van der Waals surface area contributed by atoms with Crippen molar-refractivity contribution in [3.05, 3.63) is 29.8 Å². The van der Waals surface area contributed by atoms with E-state index in [1.54, 1.807) is 11.6 Å². The Kier molecular flexibility index (Phi) is 7.39. The fourth-order valence-electron chi connectivity index (χ4n) is 2.11. The Balaban J connectivity index is 1.95. The van der Waals surface area contributed by atoms with Crippen molar-refractivity contribution >= 4 is 23.7 Å². The molecule has 1 aromatic carbocycles. The highest BCUT2D eigenvalue weighted by Crippen LogP contribution is 2.18. The quantitative estimate of drug-likeness (QED) is 0.696. The summed E-state index contributed by atoms with van der Waals surface area (Å²) < 4.78 is 1.58. The topological polar surface area (TPSA) is 102 Å². The zero-order valence-electron chi connectivity index (χ0n) is 14.4. The van der Waals surface area contributed by atoms with Crippen LogP contribution in [0.5, 0.6) is 0 Å². The van der Waals surface area contributed by atoms with Gasteiger partial charge in [0, 0.05) is 6.54 Å².